The van der Waals surface area contributed by atoms with E-state index < -0.39 is 29.1 Å². The molecule has 1 aromatic heterocycles. The van der Waals surface area contributed by atoms with Crippen LogP contribution in [-0.4, -0.2) is 21.4 Å². The molecule has 0 fully saturated rings. The number of aryl methyl sites for hydroxylation is 1. The van der Waals surface area contributed by atoms with E-state index >= 15 is 0 Å². The smallest absolute Gasteiger partial charge is 0.278 e. The van der Waals surface area contributed by atoms with E-state index in [-0.39, 0.29) is 23.7 Å². The fourth-order valence-corrected chi connectivity index (χ4v) is 4.09. The second-order valence-electron chi connectivity index (χ2n) is 8.39. The second-order valence-corrected chi connectivity index (χ2v) is 8.39. The predicted octanol–water partition coefficient (Wildman–Crippen LogP) is 5.20. The molecule has 1 heterocycles. The number of para-hydroxylation sites is 2. The summed E-state index contributed by atoms with van der Waals surface area (Å²) in [5, 5.41) is 5.13. The SMILES string of the molecule is CC[C@@H](C(=O)Nc1cc(F)ccc1F)n1c(=O)c(-c2cc(C)ccc2NC(C)=O)nc2ccccc21. The highest BCUT2D eigenvalue weighted by molar-refractivity contribution is 5.96. The average molecular weight is 491 g/mol. The van der Waals surface area contributed by atoms with Crippen molar-refractivity contribution < 1.29 is 18.4 Å². The second kappa shape index (κ2) is 10.1. The molecule has 0 aliphatic rings. The van der Waals surface area contributed by atoms with Gasteiger partial charge in [-0.05, 0) is 49.7 Å². The van der Waals surface area contributed by atoms with Crippen LogP contribution in [-0.2, 0) is 9.59 Å². The number of carbonyl (C=O) groups excluding carboxylic acids is 2. The molecule has 0 aliphatic carbocycles. The van der Waals surface area contributed by atoms with Crippen LogP contribution in [0, 0.1) is 18.6 Å². The molecule has 0 bridgehead atoms. The Balaban J connectivity index is 1.92. The highest BCUT2D eigenvalue weighted by atomic mass is 19.1. The van der Waals surface area contributed by atoms with Crippen LogP contribution >= 0.6 is 0 Å². The molecule has 0 spiro atoms. The Morgan fingerprint density at radius 2 is 1.75 bits per heavy atom. The van der Waals surface area contributed by atoms with Crippen molar-refractivity contribution in [3.63, 3.8) is 0 Å². The predicted molar refractivity (Wildman–Crippen MR) is 135 cm³/mol. The van der Waals surface area contributed by atoms with Gasteiger partial charge in [-0.15, -0.1) is 0 Å². The summed E-state index contributed by atoms with van der Waals surface area (Å²) >= 11 is 0. The fourth-order valence-electron chi connectivity index (χ4n) is 4.09. The number of halogens is 2. The zero-order valence-corrected chi connectivity index (χ0v) is 19.9. The van der Waals surface area contributed by atoms with E-state index in [1.165, 1.54) is 11.5 Å². The molecule has 4 rings (SSSR count). The van der Waals surface area contributed by atoms with Crippen molar-refractivity contribution in [2.45, 2.75) is 33.2 Å². The molecule has 9 heteroatoms. The van der Waals surface area contributed by atoms with Crippen molar-refractivity contribution in [1.29, 1.82) is 0 Å². The molecule has 36 heavy (non-hydrogen) atoms. The summed E-state index contributed by atoms with van der Waals surface area (Å²) in [4.78, 5) is 43.5. The van der Waals surface area contributed by atoms with Crippen molar-refractivity contribution >= 4 is 34.2 Å². The number of anilines is 2. The summed E-state index contributed by atoms with van der Waals surface area (Å²) in [6.45, 7) is 4.91. The number of rotatable bonds is 6. The number of nitrogens with one attached hydrogen (secondary N) is 2. The molecule has 0 radical (unpaired) electrons. The Morgan fingerprint density at radius 1 is 1.00 bits per heavy atom. The molecule has 2 N–H and O–H groups in total. The molecule has 4 aromatic rings. The molecule has 2 amide bonds. The quantitative estimate of drug-likeness (QED) is 0.389. The third-order valence-electron chi connectivity index (χ3n) is 5.72. The van der Waals surface area contributed by atoms with E-state index in [4.69, 9.17) is 0 Å². The first kappa shape index (κ1) is 24.7. The van der Waals surface area contributed by atoms with E-state index in [1.807, 2.05) is 6.92 Å². The molecular formula is C27H24F2N4O3. The number of fused-ring (bicyclic) bond motifs is 1. The number of hydrogen-bond donors (Lipinski definition) is 2. The highest BCUT2D eigenvalue weighted by Crippen LogP contribution is 2.29. The summed E-state index contributed by atoms with van der Waals surface area (Å²) < 4.78 is 29.2. The van der Waals surface area contributed by atoms with Crippen LogP contribution in [0.1, 0.15) is 31.9 Å². The lowest BCUT2D eigenvalue weighted by Gasteiger charge is -2.22. The molecule has 0 saturated carbocycles. The van der Waals surface area contributed by atoms with E-state index in [9.17, 15) is 23.2 Å². The van der Waals surface area contributed by atoms with Crippen LogP contribution in [0.5, 0.6) is 0 Å². The lowest BCUT2D eigenvalue weighted by atomic mass is 10.0. The normalized spacial score (nSPS) is 11.8. The van der Waals surface area contributed by atoms with Gasteiger partial charge in [-0.2, -0.15) is 0 Å². The van der Waals surface area contributed by atoms with Crippen LogP contribution in [0.2, 0.25) is 0 Å². The minimum absolute atomic E-state index is 0.0457. The van der Waals surface area contributed by atoms with E-state index in [2.05, 4.69) is 15.6 Å². The van der Waals surface area contributed by atoms with Gasteiger partial charge in [-0.1, -0.05) is 30.7 Å². The van der Waals surface area contributed by atoms with Gasteiger partial charge in [0.05, 0.1) is 22.4 Å². The number of amides is 2. The lowest BCUT2D eigenvalue weighted by Crippen LogP contribution is -2.35. The van der Waals surface area contributed by atoms with Crippen molar-refractivity contribution in [1.82, 2.24) is 9.55 Å². The van der Waals surface area contributed by atoms with Crippen LogP contribution in [0.4, 0.5) is 20.2 Å². The summed E-state index contributed by atoms with van der Waals surface area (Å²) in [7, 11) is 0. The number of aromatic nitrogens is 2. The van der Waals surface area contributed by atoms with E-state index in [0.717, 1.165) is 23.8 Å². The van der Waals surface area contributed by atoms with Gasteiger partial charge in [0.15, 0.2) is 0 Å². The van der Waals surface area contributed by atoms with Crippen LogP contribution in [0.15, 0.2) is 65.5 Å². The van der Waals surface area contributed by atoms with Crippen molar-refractivity contribution in [3.8, 4) is 11.3 Å². The van der Waals surface area contributed by atoms with E-state index in [0.29, 0.717) is 22.3 Å². The molecule has 0 unspecified atom stereocenters. The fraction of sp³-hybridized carbons (Fsp3) is 0.185. The number of hydrogen-bond acceptors (Lipinski definition) is 4. The molecule has 184 valence electrons. The first-order valence-electron chi connectivity index (χ1n) is 11.4. The third-order valence-corrected chi connectivity index (χ3v) is 5.72. The van der Waals surface area contributed by atoms with Crippen molar-refractivity contribution in [3.05, 3.63) is 88.2 Å². The maximum Gasteiger partial charge on any atom is 0.278 e. The lowest BCUT2D eigenvalue weighted by molar-refractivity contribution is -0.119. The van der Waals surface area contributed by atoms with Gasteiger partial charge in [0, 0.05) is 18.6 Å². The summed E-state index contributed by atoms with van der Waals surface area (Å²) in [5.41, 5.74) is 1.66. The molecule has 3 aromatic carbocycles. The van der Waals surface area contributed by atoms with Crippen molar-refractivity contribution in [2.75, 3.05) is 10.6 Å². The summed E-state index contributed by atoms with van der Waals surface area (Å²) in [6, 6.07) is 13.7. The topological polar surface area (TPSA) is 93.1 Å². The number of carbonyl (C=O) groups is 2. The Hall–Kier alpha value is -4.40. The van der Waals surface area contributed by atoms with Gasteiger partial charge in [-0.3, -0.25) is 19.0 Å². The first-order chi connectivity index (χ1) is 17.2. The minimum atomic E-state index is -1.05. The van der Waals surface area contributed by atoms with Crippen LogP contribution in [0.25, 0.3) is 22.3 Å². The van der Waals surface area contributed by atoms with Gasteiger partial charge in [0.2, 0.25) is 11.8 Å². The average Bonchev–Trinajstić information content (AvgIpc) is 2.84. The van der Waals surface area contributed by atoms with Crippen molar-refractivity contribution in [2.24, 2.45) is 0 Å². The maximum atomic E-state index is 14.2. The molecule has 0 aliphatic heterocycles. The van der Waals surface area contributed by atoms with Gasteiger partial charge < -0.3 is 10.6 Å². The highest BCUT2D eigenvalue weighted by Gasteiger charge is 2.26. The summed E-state index contributed by atoms with van der Waals surface area (Å²) in [5.74, 6) is -2.51. The summed E-state index contributed by atoms with van der Waals surface area (Å²) in [6.07, 6.45) is 0.183. The number of benzene rings is 3. The zero-order chi connectivity index (χ0) is 26.0. The van der Waals surface area contributed by atoms with Gasteiger partial charge in [-0.25, -0.2) is 13.8 Å². The molecular weight excluding hydrogens is 466 g/mol. The number of nitrogens with zero attached hydrogens (tertiary/aromatic N) is 2. The largest absolute Gasteiger partial charge is 0.326 e. The Labute approximate surface area is 205 Å². The minimum Gasteiger partial charge on any atom is -0.326 e. The third kappa shape index (κ3) is 4.86. The Kier molecular flexibility index (Phi) is 6.91. The monoisotopic (exact) mass is 490 g/mol. The molecule has 0 saturated heterocycles. The Bertz CT molecular complexity index is 1550. The van der Waals surface area contributed by atoms with Gasteiger partial charge in [0.25, 0.3) is 5.56 Å². The van der Waals surface area contributed by atoms with Crippen LogP contribution in [0.3, 0.4) is 0 Å². The van der Waals surface area contributed by atoms with E-state index in [1.54, 1.807) is 49.4 Å². The maximum absolute atomic E-state index is 14.2. The Morgan fingerprint density at radius 3 is 2.47 bits per heavy atom. The van der Waals surface area contributed by atoms with Crippen LogP contribution < -0.4 is 16.2 Å². The van der Waals surface area contributed by atoms with Gasteiger partial charge in [0.1, 0.15) is 23.4 Å². The van der Waals surface area contributed by atoms with Gasteiger partial charge >= 0.3 is 0 Å². The molecule has 1 atom stereocenters. The molecule has 7 nitrogen and oxygen atoms in total. The standard InChI is InChI=1S/C27H24F2N4O3/c1-4-23(26(35)32-22-14-17(28)10-11-19(22)29)33-24-8-6-5-7-21(24)31-25(27(33)36)18-13-15(2)9-12-20(18)30-16(3)34/h5-14,23H,4H2,1-3H3,(H,30,34)(H,32,35)/t23-/m0/s1. The zero-order valence-electron chi connectivity index (χ0n) is 19.9. The first-order valence-corrected chi connectivity index (χ1v) is 11.4.